The summed E-state index contributed by atoms with van der Waals surface area (Å²) in [4.78, 5) is 9.77. The second kappa shape index (κ2) is 7.14. The first kappa shape index (κ1) is 16.7. The van der Waals surface area contributed by atoms with Crippen LogP contribution in [0.4, 0.5) is 24.8 Å². The Balaban J connectivity index is 1.59. The molecule has 5 nitrogen and oxygen atoms in total. The summed E-state index contributed by atoms with van der Waals surface area (Å²) in [7, 11) is 0. The zero-order chi connectivity index (χ0) is 17.0. The van der Waals surface area contributed by atoms with E-state index in [1.54, 1.807) is 0 Å². The molecule has 0 bridgehead atoms. The van der Waals surface area contributed by atoms with E-state index >= 15 is 0 Å². The van der Waals surface area contributed by atoms with E-state index in [1.807, 2.05) is 24.3 Å². The Kier molecular flexibility index (Phi) is 4.96. The van der Waals surface area contributed by atoms with E-state index in [1.165, 1.54) is 5.56 Å². The number of alkyl halides is 3. The highest BCUT2D eigenvalue weighted by molar-refractivity contribution is 5.53. The van der Waals surface area contributed by atoms with Crippen molar-refractivity contribution in [1.82, 2.24) is 20.2 Å². The number of halogens is 3. The van der Waals surface area contributed by atoms with Crippen molar-refractivity contribution in [3.8, 4) is 0 Å². The normalized spacial score (nSPS) is 16.1. The number of anilines is 2. The maximum Gasteiger partial charge on any atom is 0.419 e. The fourth-order valence-electron chi connectivity index (χ4n) is 2.49. The van der Waals surface area contributed by atoms with Gasteiger partial charge in [-0.3, -0.25) is 4.90 Å². The Morgan fingerprint density at radius 1 is 1.04 bits per heavy atom. The second-order valence-corrected chi connectivity index (χ2v) is 5.64. The molecular formula is C16H18F3N5. The lowest BCUT2D eigenvalue weighted by Crippen LogP contribution is -2.42. The lowest BCUT2D eigenvalue weighted by atomic mass is 10.2. The van der Waals surface area contributed by atoms with Crippen LogP contribution in [-0.4, -0.2) is 41.0 Å². The van der Waals surface area contributed by atoms with E-state index in [9.17, 15) is 13.2 Å². The molecule has 0 unspecified atom stereocenters. The van der Waals surface area contributed by atoms with E-state index in [0.29, 0.717) is 0 Å². The van der Waals surface area contributed by atoms with Crippen molar-refractivity contribution in [2.75, 3.05) is 31.5 Å². The van der Waals surface area contributed by atoms with Crippen molar-refractivity contribution in [2.45, 2.75) is 12.7 Å². The topological polar surface area (TPSA) is 53.1 Å². The first-order chi connectivity index (χ1) is 11.5. The van der Waals surface area contributed by atoms with Crippen LogP contribution < -0.4 is 10.6 Å². The molecule has 2 aromatic rings. The lowest BCUT2D eigenvalue weighted by molar-refractivity contribution is -0.138. The van der Waals surface area contributed by atoms with Gasteiger partial charge in [-0.05, 0) is 17.7 Å². The van der Waals surface area contributed by atoms with Crippen molar-refractivity contribution in [3.63, 3.8) is 0 Å². The maximum absolute atomic E-state index is 12.5. The van der Waals surface area contributed by atoms with Crippen molar-refractivity contribution in [3.05, 3.63) is 47.8 Å². The third-order valence-corrected chi connectivity index (χ3v) is 3.81. The quantitative estimate of drug-likeness (QED) is 0.898. The number of hydrogen-bond donors (Lipinski definition) is 2. The molecule has 1 aromatic heterocycles. The molecule has 0 saturated carbocycles. The summed E-state index contributed by atoms with van der Waals surface area (Å²) in [5.41, 5.74) is 1.06. The third kappa shape index (κ3) is 4.42. The summed E-state index contributed by atoms with van der Waals surface area (Å²) in [6.45, 7) is 4.95. The van der Waals surface area contributed by atoms with Gasteiger partial charge in [0.1, 0.15) is 0 Å². The summed E-state index contributed by atoms with van der Waals surface area (Å²) >= 11 is 0. The van der Waals surface area contributed by atoms with Gasteiger partial charge in [0.05, 0.1) is 5.56 Å². The molecule has 24 heavy (non-hydrogen) atoms. The van der Waals surface area contributed by atoms with Gasteiger partial charge in [0.15, 0.2) is 0 Å². The molecule has 0 spiro atoms. The molecule has 1 aromatic carbocycles. The molecule has 2 N–H and O–H groups in total. The van der Waals surface area contributed by atoms with Gasteiger partial charge in [-0.2, -0.15) is 13.2 Å². The molecule has 0 amide bonds. The van der Waals surface area contributed by atoms with Crippen LogP contribution in [0.3, 0.4) is 0 Å². The van der Waals surface area contributed by atoms with Gasteiger partial charge >= 0.3 is 6.18 Å². The predicted octanol–water partition coefficient (Wildman–Crippen LogP) is 2.64. The molecule has 1 saturated heterocycles. The highest BCUT2D eigenvalue weighted by atomic mass is 19.4. The summed E-state index contributed by atoms with van der Waals surface area (Å²) < 4.78 is 37.4. The van der Waals surface area contributed by atoms with Gasteiger partial charge in [-0.15, -0.1) is 0 Å². The van der Waals surface area contributed by atoms with Crippen molar-refractivity contribution < 1.29 is 13.2 Å². The first-order valence-corrected chi connectivity index (χ1v) is 7.69. The number of aromatic nitrogens is 2. The van der Waals surface area contributed by atoms with Crippen LogP contribution in [0, 0.1) is 0 Å². The standard InChI is InChI=1S/C16H18F3N5/c17-16(18,19)13-9-21-15(22-10-13)23-14-3-1-12(2-4-14)11-24-7-5-20-6-8-24/h1-4,9-10,20H,5-8,11H2,(H,21,22,23). The van der Waals surface area contributed by atoms with Gasteiger partial charge in [-0.1, -0.05) is 12.1 Å². The highest BCUT2D eigenvalue weighted by Crippen LogP contribution is 2.28. The predicted molar refractivity (Wildman–Crippen MR) is 84.9 cm³/mol. The number of nitrogens with zero attached hydrogens (tertiary/aromatic N) is 3. The lowest BCUT2D eigenvalue weighted by Gasteiger charge is -2.27. The SMILES string of the molecule is FC(F)(F)c1cnc(Nc2ccc(CN3CCNCC3)cc2)nc1. The first-order valence-electron chi connectivity index (χ1n) is 7.69. The molecule has 1 aliphatic heterocycles. The third-order valence-electron chi connectivity index (χ3n) is 3.81. The number of piperazine rings is 1. The summed E-state index contributed by atoms with van der Waals surface area (Å²) in [5, 5.41) is 6.21. The summed E-state index contributed by atoms with van der Waals surface area (Å²) in [5.74, 6) is 0.137. The minimum absolute atomic E-state index is 0.137. The van der Waals surface area contributed by atoms with Crippen LogP contribution in [0.2, 0.25) is 0 Å². The fourth-order valence-corrected chi connectivity index (χ4v) is 2.49. The van der Waals surface area contributed by atoms with Gasteiger partial charge < -0.3 is 10.6 Å². The average Bonchev–Trinajstić information content (AvgIpc) is 2.57. The monoisotopic (exact) mass is 337 g/mol. The number of benzene rings is 1. The van der Waals surface area contributed by atoms with Crippen LogP contribution in [0.15, 0.2) is 36.7 Å². The Morgan fingerprint density at radius 2 is 1.67 bits per heavy atom. The number of hydrogen-bond acceptors (Lipinski definition) is 5. The van der Waals surface area contributed by atoms with Crippen LogP contribution in [0.5, 0.6) is 0 Å². The highest BCUT2D eigenvalue weighted by Gasteiger charge is 2.31. The summed E-state index contributed by atoms with van der Waals surface area (Å²) in [6, 6.07) is 7.74. The van der Waals surface area contributed by atoms with Crippen molar-refractivity contribution in [1.29, 1.82) is 0 Å². The molecule has 2 heterocycles. The van der Waals surface area contributed by atoms with E-state index < -0.39 is 11.7 Å². The van der Waals surface area contributed by atoms with Crippen LogP contribution in [0.25, 0.3) is 0 Å². The average molecular weight is 337 g/mol. The Hall–Kier alpha value is -2.19. The number of rotatable bonds is 4. The van der Waals surface area contributed by atoms with E-state index in [0.717, 1.165) is 50.8 Å². The van der Waals surface area contributed by atoms with Gasteiger partial charge in [-0.25, -0.2) is 9.97 Å². The molecule has 128 valence electrons. The van der Waals surface area contributed by atoms with Crippen molar-refractivity contribution in [2.24, 2.45) is 0 Å². The Labute approximate surface area is 137 Å². The molecule has 1 fully saturated rings. The minimum atomic E-state index is -4.43. The Bertz CT molecular complexity index is 649. The fraction of sp³-hybridized carbons (Fsp3) is 0.375. The second-order valence-electron chi connectivity index (χ2n) is 5.64. The zero-order valence-electron chi connectivity index (χ0n) is 13.0. The van der Waals surface area contributed by atoms with Gasteiger partial charge in [0, 0.05) is 50.8 Å². The number of nitrogens with one attached hydrogen (secondary N) is 2. The van der Waals surface area contributed by atoms with Gasteiger partial charge in [0.25, 0.3) is 0 Å². The molecule has 0 atom stereocenters. The van der Waals surface area contributed by atoms with Crippen LogP contribution in [0.1, 0.15) is 11.1 Å². The molecule has 0 aliphatic carbocycles. The largest absolute Gasteiger partial charge is 0.419 e. The minimum Gasteiger partial charge on any atom is -0.324 e. The summed E-state index contributed by atoms with van der Waals surface area (Å²) in [6.07, 6.45) is -2.88. The van der Waals surface area contributed by atoms with Crippen LogP contribution in [-0.2, 0) is 12.7 Å². The molecule has 0 radical (unpaired) electrons. The molecule has 1 aliphatic rings. The zero-order valence-corrected chi connectivity index (χ0v) is 13.0. The van der Waals surface area contributed by atoms with E-state index in [4.69, 9.17) is 0 Å². The van der Waals surface area contributed by atoms with Crippen LogP contribution >= 0.6 is 0 Å². The van der Waals surface area contributed by atoms with E-state index in [-0.39, 0.29) is 5.95 Å². The maximum atomic E-state index is 12.5. The van der Waals surface area contributed by atoms with E-state index in [2.05, 4.69) is 25.5 Å². The molecular weight excluding hydrogens is 319 g/mol. The van der Waals surface area contributed by atoms with Gasteiger partial charge in [0.2, 0.25) is 5.95 Å². The molecule has 3 rings (SSSR count). The van der Waals surface area contributed by atoms with Crippen molar-refractivity contribution >= 4 is 11.6 Å². The Morgan fingerprint density at radius 3 is 2.25 bits per heavy atom. The smallest absolute Gasteiger partial charge is 0.324 e. The molecule has 8 heteroatoms.